The molecule has 1 atom stereocenters. The van der Waals surface area contributed by atoms with E-state index in [1.54, 1.807) is 0 Å². The van der Waals surface area contributed by atoms with Crippen LogP contribution in [0.5, 0.6) is 0 Å². The molecule has 0 aliphatic carbocycles. The van der Waals surface area contributed by atoms with Gasteiger partial charge in [0.15, 0.2) is 0 Å². The van der Waals surface area contributed by atoms with Crippen molar-refractivity contribution in [2.45, 2.75) is 39.2 Å². The molecular weight excluding hydrogens is 198 g/mol. The SMILES string of the molecule is CCCCCN(C)c1ncccc1[C@H](C)N. The molecule has 90 valence electrons. The standard InChI is InChI=1S/C13H23N3/c1-4-5-6-10-16(3)13-12(11(2)14)8-7-9-15-13/h7-9,11H,4-6,10,14H2,1-3H3/t11-/m0/s1. The lowest BCUT2D eigenvalue weighted by molar-refractivity contribution is 0.695. The quantitative estimate of drug-likeness (QED) is 0.751. The maximum atomic E-state index is 5.94. The van der Waals surface area contributed by atoms with Gasteiger partial charge in [0.25, 0.3) is 0 Å². The Hall–Kier alpha value is -1.09. The normalized spacial score (nSPS) is 12.5. The Bertz CT molecular complexity index is 310. The number of rotatable bonds is 6. The maximum absolute atomic E-state index is 5.94. The third-order valence-corrected chi connectivity index (χ3v) is 2.77. The minimum absolute atomic E-state index is 0.0392. The third-order valence-electron chi connectivity index (χ3n) is 2.77. The highest BCUT2D eigenvalue weighted by atomic mass is 15.2. The highest BCUT2D eigenvalue weighted by Crippen LogP contribution is 2.21. The topological polar surface area (TPSA) is 42.2 Å². The Balaban J connectivity index is 2.70. The van der Waals surface area contributed by atoms with E-state index in [9.17, 15) is 0 Å². The molecular formula is C13H23N3. The Kier molecular flexibility index (Phi) is 5.26. The van der Waals surface area contributed by atoms with Crippen LogP contribution in [0, 0.1) is 0 Å². The molecule has 1 aromatic heterocycles. The van der Waals surface area contributed by atoms with Crippen LogP contribution in [0.15, 0.2) is 18.3 Å². The average molecular weight is 221 g/mol. The van der Waals surface area contributed by atoms with Gasteiger partial charge in [-0.15, -0.1) is 0 Å². The van der Waals surface area contributed by atoms with Crippen molar-refractivity contribution in [2.75, 3.05) is 18.5 Å². The Morgan fingerprint density at radius 3 is 2.81 bits per heavy atom. The highest BCUT2D eigenvalue weighted by molar-refractivity contribution is 5.47. The van der Waals surface area contributed by atoms with Crippen molar-refractivity contribution < 1.29 is 0 Å². The summed E-state index contributed by atoms with van der Waals surface area (Å²) in [6.07, 6.45) is 5.56. The zero-order chi connectivity index (χ0) is 12.0. The molecule has 2 N–H and O–H groups in total. The Labute approximate surface area is 98.7 Å². The van der Waals surface area contributed by atoms with Crippen molar-refractivity contribution in [1.29, 1.82) is 0 Å². The van der Waals surface area contributed by atoms with E-state index in [1.165, 1.54) is 19.3 Å². The van der Waals surface area contributed by atoms with Crippen LogP contribution in [0.1, 0.15) is 44.7 Å². The molecule has 0 amide bonds. The highest BCUT2D eigenvalue weighted by Gasteiger charge is 2.10. The van der Waals surface area contributed by atoms with E-state index in [4.69, 9.17) is 5.73 Å². The zero-order valence-electron chi connectivity index (χ0n) is 10.6. The van der Waals surface area contributed by atoms with Gasteiger partial charge in [-0.05, 0) is 19.4 Å². The number of nitrogens with two attached hydrogens (primary N) is 1. The van der Waals surface area contributed by atoms with E-state index >= 15 is 0 Å². The third kappa shape index (κ3) is 3.49. The lowest BCUT2D eigenvalue weighted by atomic mass is 10.1. The lowest BCUT2D eigenvalue weighted by Crippen LogP contribution is -2.23. The number of hydrogen-bond acceptors (Lipinski definition) is 3. The van der Waals surface area contributed by atoms with Crippen LogP contribution < -0.4 is 10.6 Å². The summed E-state index contributed by atoms with van der Waals surface area (Å²) in [7, 11) is 2.09. The summed E-state index contributed by atoms with van der Waals surface area (Å²) in [5.41, 5.74) is 7.07. The molecule has 0 spiro atoms. The van der Waals surface area contributed by atoms with E-state index in [-0.39, 0.29) is 6.04 Å². The average Bonchev–Trinajstić information content (AvgIpc) is 2.29. The number of anilines is 1. The first kappa shape index (κ1) is 13.0. The van der Waals surface area contributed by atoms with Gasteiger partial charge in [-0.25, -0.2) is 4.98 Å². The first-order valence-electron chi connectivity index (χ1n) is 6.08. The molecule has 0 fully saturated rings. The molecule has 0 bridgehead atoms. The van der Waals surface area contributed by atoms with Crippen molar-refractivity contribution in [3.63, 3.8) is 0 Å². The molecule has 1 rings (SSSR count). The summed E-state index contributed by atoms with van der Waals surface area (Å²) in [4.78, 5) is 6.63. The van der Waals surface area contributed by atoms with E-state index < -0.39 is 0 Å². The van der Waals surface area contributed by atoms with Crippen molar-refractivity contribution in [1.82, 2.24) is 4.98 Å². The van der Waals surface area contributed by atoms with Crippen LogP contribution in [-0.2, 0) is 0 Å². The van der Waals surface area contributed by atoms with Gasteiger partial charge in [-0.1, -0.05) is 25.8 Å². The van der Waals surface area contributed by atoms with Crippen molar-refractivity contribution in [2.24, 2.45) is 5.73 Å². The number of hydrogen-bond donors (Lipinski definition) is 1. The smallest absolute Gasteiger partial charge is 0.133 e. The van der Waals surface area contributed by atoms with Crippen LogP contribution >= 0.6 is 0 Å². The van der Waals surface area contributed by atoms with Crippen LogP contribution in [0.4, 0.5) is 5.82 Å². The van der Waals surface area contributed by atoms with Crippen molar-refractivity contribution >= 4 is 5.82 Å². The van der Waals surface area contributed by atoms with Gasteiger partial charge in [-0.2, -0.15) is 0 Å². The summed E-state index contributed by atoms with van der Waals surface area (Å²) in [6.45, 7) is 5.26. The van der Waals surface area contributed by atoms with Crippen LogP contribution in [0.2, 0.25) is 0 Å². The summed E-state index contributed by atoms with van der Waals surface area (Å²) in [5, 5.41) is 0. The lowest BCUT2D eigenvalue weighted by Gasteiger charge is -2.22. The molecule has 0 aliphatic rings. The Morgan fingerprint density at radius 1 is 1.44 bits per heavy atom. The maximum Gasteiger partial charge on any atom is 0.133 e. The fourth-order valence-corrected chi connectivity index (χ4v) is 1.79. The van der Waals surface area contributed by atoms with Crippen LogP contribution in [0.3, 0.4) is 0 Å². The zero-order valence-corrected chi connectivity index (χ0v) is 10.6. The second-order valence-electron chi connectivity index (χ2n) is 4.33. The minimum Gasteiger partial charge on any atom is -0.359 e. The second kappa shape index (κ2) is 6.48. The van der Waals surface area contributed by atoms with E-state index in [0.717, 1.165) is 17.9 Å². The molecule has 0 saturated carbocycles. The molecule has 16 heavy (non-hydrogen) atoms. The van der Waals surface area contributed by atoms with Gasteiger partial charge >= 0.3 is 0 Å². The first-order valence-corrected chi connectivity index (χ1v) is 6.08. The number of aromatic nitrogens is 1. The van der Waals surface area contributed by atoms with E-state index in [1.807, 2.05) is 19.2 Å². The number of nitrogens with zero attached hydrogens (tertiary/aromatic N) is 2. The van der Waals surface area contributed by atoms with Gasteiger partial charge in [-0.3, -0.25) is 0 Å². The predicted octanol–water partition coefficient (Wildman–Crippen LogP) is 2.73. The first-order chi connectivity index (χ1) is 7.66. The predicted molar refractivity (Wildman–Crippen MR) is 69.6 cm³/mol. The summed E-state index contributed by atoms with van der Waals surface area (Å²) >= 11 is 0. The summed E-state index contributed by atoms with van der Waals surface area (Å²) in [6, 6.07) is 4.04. The summed E-state index contributed by atoms with van der Waals surface area (Å²) in [5.74, 6) is 1.02. The molecule has 0 aliphatic heterocycles. The van der Waals surface area contributed by atoms with Crippen molar-refractivity contribution in [3.05, 3.63) is 23.9 Å². The number of unbranched alkanes of at least 4 members (excludes halogenated alkanes) is 2. The van der Waals surface area contributed by atoms with Gasteiger partial charge in [0.2, 0.25) is 0 Å². The molecule has 0 aromatic carbocycles. The Morgan fingerprint density at radius 2 is 2.19 bits per heavy atom. The largest absolute Gasteiger partial charge is 0.359 e. The van der Waals surface area contributed by atoms with Crippen LogP contribution in [0.25, 0.3) is 0 Å². The fourth-order valence-electron chi connectivity index (χ4n) is 1.79. The molecule has 3 nitrogen and oxygen atoms in total. The molecule has 0 unspecified atom stereocenters. The molecule has 3 heteroatoms. The van der Waals surface area contributed by atoms with Crippen LogP contribution in [-0.4, -0.2) is 18.6 Å². The van der Waals surface area contributed by atoms with E-state index in [0.29, 0.717) is 0 Å². The van der Waals surface area contributed by atoms with E-state index in [2.05, 4.69) is 29.9 Å². The second-order valence-corrected chi connectivity index (χ2v) is 4.33. The van der Waals surface area contributed by atoms with Gasteiger partial charge in [0.05, 0.1) is 0 Å². The minimum atomic E-state index is 0.0392. The molecule has 0 saturated heterocycles. The van der Waals surface area contributed by atoms with Gasteiger partial charge in [0, 0.05) is 31.4 Å². The fraction of sp³-hybridized carbons (Fsp3) is 0.615. The number of pyridine rings is 1. The molecule has 1 heterocycles. The van der Waals surface area contributed by atoms with Gasteiger partial charge in [0.1, 0.15) is 5.82 Å². The van der Waals surface area contributed by atoms with Gasteiger partial charge < -0.3 is 10.6 Å². The molecule has 1 aromatic rings. The van der Waals surface area contributed by atoms with Crippen molar-refractivity contribution in [3.8, 4) is 0 Å². The monoisotopic (exact) mass is 221 g/mol. The molecule has 0 radical (unpaired) electrons. The summed E-state index contributed by atoms with van der Waals surface area (Å²) < 4.78 is 0.